The summed E-state index contributed by atoms with van der Waals surface area (Å²) < 4.78 is 17.9. The second kappa shape index (κ2) is 12.2. The standard InChI is InChI=1S/C21H41BO4/c1-6-7-9-12-19(14-18-24-17-11-8-10-16-23)13-15-22-25-20(2,3)21(4,5)26-22/h13,15,19,23H,6-12,14,16-18H2,1-5H3/b15-13+. The van der Waals surface area contributed by atoms with Gasteiger partial charge in [-0.05, 0) is 65.7 Å². The summed E-state index contributed by atoms with van der Waals surface area (Å²) in [6.07, 6.45) is 11.2. The Morgan fingerprint density at radius 2 is 1.62 bits per heavy atom. The maximum Gasteiger partial charge on any atom is 0.486 e. The highest BCUT2D eigenvalue weighted by molar-refractivity contribution is 6.51. The van der Waals surface area contributed by atoms with Gasteiger partial charge in [-0.1, -0.05) is 38.2 Å². The molecule has 0 bridgehead atoms. The Kier molecular flexibility index (Phi) is 11.1. The molecule has 1 fully saturated rings. The molecule has 0 spiro atoms. The number of rotatable bonds is 14. The number of aliphatic hydroxyl groups is 1. The summed E-state index contributed by atoms with van der Waals surface area (Å²) in [7, 11) is -0.256. The Morgan fingerprint density at radius 1 is 0.923 bits per heavy atom. The topological polar surface area (TPSA) is 47.9 Å². The molecule has 5 heteroatoms. The normalized spacial score (nSPS) is 20.2. The van der Waals surface area contributed by atoms with Crippen LogP contribution in [0.2, 0.25) is 0 Å². The molecule has 26 heavy (non-hydrogen) atoms. The van der Waals surface area contributed by atoms with Crippen molar-refractivity contribution in [3.8, 4) is 0 Å². The fraction of sp³-hybridized carbons (Fsp3) is 0.905. The molecule has 1 unspecified atom stereocenters. The van der Waals surface area contributed by atoms with Gasteiger partial charge in [0.2, 0.25) is 0 Å². The zero-order valence-electron chi connectivity index (χ0n) is 17.8. The summed E-state index contributed by atoms with van der Waals surface area (Å²) in [6.45, 7) is 12.5. The van der Waals surface area contributed by atoms with Gasteiger partial charge in [-0.25, -0.2) is 0 Å². The average molecular weight is 368 g/mol. The third kappa shape index (κ3) is 8.56. The maximum absolute atomic E-state index is 8.79. The lowest BCUT2D eigenvalue weighted by atomic mass is 9.86. The van der Waals surface area contributed by atoms with Crippen LogP contribution in [-0.2, 0) is 14.0 Å². The van der Waals surface area contributed by atoms with E-state index in [-0.39, 0.29) is 24.9 Å². The summed E-state index contributed by atoms with van der Waals surface area (Å²) in [5.41, 5.74) is -0.561. The fourth-order valence-electron chi connectivity index (χ4n) is 3.04. The molecule has 1 aliphatic rings. The van der Waals surface area contributed by atoms with Crippen molar-refractivity contribution in [2.24, 2.45) is 5.92 Å². The summed E-state index contributed by atoms with van der Waals surface area (Å²) in [5, 5.41) is 8.79. The predicted molar refractivity (Wildman–Crippen MR) is 109 cm³/mol. The highest BCUT2D eigenvalue weighted by Gasteiger charge is 2.50. The van der Waals surface area contributed by atoms with Crippen LogP contribution in [0.3, 0.4) is 0 Å². The molecular weight excluding hydrogens is 327 g/mol. The van der Waals surface area contributed by atoms with Crippen molar-refractivity contribution in [3.05, 3.63) is 12.1 Å². The lowest BCUT2D eigenvalue weighted by molar-refractivity contribution is 0.00578. The van der Waals surface area contributed by atoms with Gasteiger partial charge in [0.15, 0.2) is 0 Å². The quantitative estimate of drug-likeness (QED) is 0.348. The molecule has 1 N–H and O–H groups in total. The third-order valence-corrected chi connectivity index (χ3v) is 5.57. The average Bonchev–Trinajstić information content (AvgIpc) is 2.78. The van der Waals surface area contributed by atoms with E-state index < -0.39 is 0 Å². The van der Waals surface area contributed by atoms with E-state index in [0.29, 0.717) is 5.92 Å². The molecule has 0 aromatic carbocycles. The number of hydrogen-bond acceptors (Lipinski definition) is 4. The SMILES string of the molecule is CCCCCC(/C=C/B1OC(C)(C)C(C)(C)O1)CCOCCCCCO. The van der Waals surface area contributed by atoms with Gasteiger partial charge < -0.3 is 19.2 Å². The van der Waals surface area contributed by atoms with Crippen LogP contribution < -0.4 is 0 Å². The van der Waals surface area contributed by atoms with Gasteiger partial charge in [0, 0.05) is 19.8 Å². The summed E-state index contributed by atoms with van der Waals surface area (Å²) in [4.78, 5) is 0. The molecule has 1 saturated heterocycles. The number of allylic oxidation sites excluding steroid dienone is 1. The largest absolute Gasteiger partial charge is 0.486 e. The fourth-order valence-corrected chi connectivity index (χ4v) is 3.04. The monoisotopic (exact) mass is 368 g/mol. The van der Waals surface area contributed by atoms with Gasteiger partial charge in [0.05, 0.1) is 11.2 Å². The van der Waals surface area contributed by atoms with Crippen LogP contribution in [0.4, 0.5) is 0 Å². The molecule has 1 atom stereocenters. The first-order valence-corrected chi connectivity index (χ1v) is 10.5. The first-order valence-electron chi connectivity index (χ1n) is 10.5. The number of ether oxygens (including phenoxy) is 1. The number of hydrogen-bond donors (Lipinski definition) is 1. The van der Waals surface area contributed by atoms with E-state index in [1.54, 1.807) is 0 Å². The van der Waals surface area contributed by atoms with Crippen LogP contribution in [0.1, 0.15) is 86.0 Å². The Morgan fingerprint density at radius 3 is 2.23 bits per heavy atom. The van der Waals surface area contributed by atoms with Crippen molar-refractivity contribution >= 4 is 7.12 Å². The third-order valence-electron chi connectivity index (χ3n) is 5.57. The van der Waals surface area contributed by atoms with Crippen molar-refractivity contribution in [3.63, 3.8) is 0 Å². The van der Waals surface area contributed by atoms with E-state index in [2.05, 4.69) is 46.7 Å². The number of aliphatic hydroxyl groups excluding tert-OH is 1. The molecule has 0 radical (unpaired) electrons. The minimum absolute atomic E-state index is 0.256. The minimum atomic E-state index is -0.280. The zero-order chi connectivity index (χ0) is 19.5. The summed E-state index contributed by atoms with van der Waals surface area (Å²) in [5.74, 6) is 2.60. The van der Waals surface area contributed by atoms with Crippen LogP contribution in [0.15, 0.2) is 12.1 Å². The van der Waals surface area contributed by atoms with Crippen molar-refractivity contribution in [1.82, 2.24) is 0 Å². The smallest absolute Gasteiger partial charge is 0.400 e. The molecular formula is C21H41BO4. The van der Waals surface area contributed by atoms with Crippen molar-refractivity contribution in [2.45, 2.75) is 97.2 Å². The molecule has 0 aliphatic carbocycles. The van der Waals surface area contributed by atoms with E-state index in [4.69, 9.17) is 19.2 Å². The Labute approximate surface area is 161 Å². The first-order chi connectivity index (χ1) is 12.3. The Bertz CT molecular complexity index is 379. The molecule has 0 aromatic heterocycles. The van der Waals surface area contributed by atoms with E-state index in [1.807, 2.05) is 0 Å². The van der Waals surface area contributed by atoms with Crippen LogP contribution in [0.5, 0.6) is 0 Å². The molecule has 152 valence electrons. The molecule has 1 rings (SSSR count). The van der Waals surface area contributed by atoms with Gasteiger partial charge in [0.1, 0.15) is 0 Å². The Hall–Kier alpha value is -0.355. The van der Waals surface area contributed by atoms with E-state index >= 15 is 0 Å². The predicted octanol–water partition coefficient (Wildman–Crippen LogP) is 4.94. The van der Waals surface area contributed by atoms with Gasteiger partial charge in [0.25, 0.3) is 0 Å². The van der Waals surface area contributed by atoms with Crippen molar-refractivity contribution in [2.75, 3.05) is 19.8 Å². The van der Waals surface area contributed by atoms with Crippen LogP contribution in [-0.4, -0.2) is 43.2 Å². The van der Waals surface area contributed by atoms with E-state index in [1.165, 1.54) is 25.7 Å². The van der Waals surface area contributed by atoms with Gasteiger partial charge in [-0.3, -0.25) is 0 Å². The van der Waals surface area contributed by atoms with Crippen LogP contribution in [0.25, 0.3) is 0 Å². The van der Waals surface area contributed by atoms with E-state index in [0.717, 1.165) is 38.9 Å². The second-order valence-electron chi connectivity index (χ2n) is 8.45. The Balaban J connectivity index is 2.40. The molecule has 1 heterocycles. The molecule has 1 aliphatic heterocycles. The molecule has 0 aromatic rings. The van der Waals surface area contributed by atoms with Gasteiger partial charge in [-0.15, -0.1) is 0 Å². The minimum Gasteiger partial charge on any atom is -0.400 e. The van der Waals surface area contributed by atoms with Crippen molar-refractivity contribution in [1.29, 1.82) is 0 Å². The van der Waals surface area contributed by atoms with Crippen molar-refractivity contribution < 1.29 is 19.2 Å². The summed E-state index contributed by atoms with van der Waals surface area (Å²) >= 11 is 0. The molecule has 0 saturated carbocycles. The van der Waals surface area contributed by atoms with Crippen LogP contribution in [0, 0.1) is 5.92 Å². The zero-order valence-corrected chi connectivity index (χ0v) is 17.8. The van der Waals surface area contributed by atoms with Crippen LogP contribution >= 0.6 is 0 Å². The highest BCUT2D eigenvalue weighted by atomic mass is 16.7. The van der Waals surface area contributed by atoms with Gasteiger partial charge in [-0.2, -0.15) is 0 Å². The second-order valence-corrected chi connectivity index (χ2v) is 8.45. The van der Waals surface area contributed by atoms with E-state index in [9.17, 15) is 0 Å². The molecule has 0 amide bonds. The summed E-state index contributed by atoms with van der Waals surface area (Å²) in [6, 6.07) is 0. The highest BCUT2D eigenvalue weighted by Crippen LogP contribution is 2.37. The molecule has 4 nitrogen and oxygen atoms in total. The van der Waals surface area contributed by atoms with Gasteiger partial charge >= 0.3 is 7.12 Å². The number of unbranched alkanes of at least 4 members (excludes halogenated alkanes) is 4. The lowest BCUT2D eigenvalue weighted by Crippen LogP contribution is -2.41. The first kappa shape index (κ1) is 23.7. The maximum atomic E-state index is 8.79. The lowest BCUT2D eigenvalue weighted by Gasteiger charge is -2.32.